The highest BCUT2D eigenvalue weighted by Crippen LogP contribution is 2.25. The Morgan fingerprint density at radius 2 is 1.73 bits per heavy atom. The van der Waals surface area contributed by atoms with E-state index >= 15 is 0 Å². The van der Waals surface area contributed by atoms with Gasteiger partial charge in [0.2, 0.25) is 0 Å². The molecule has 1 aromatic rings. The smallest absolute Gasteiger partial charge is 0.423 e. The lowest BCUT2D eigenvalue weighted by atomic mass is 9.70. The Morgan fingerprint density at radius 3 is 2.13 bits per heavy atom. The van der Waals surface area contributed by atoms with Gasteiger partial charge < -0.3 is 10.0 Å². The normalized spacial score (nSPS) is 11.7. The van der Waals surface area contributed by atoms with Gasteiger partial charge in [0.25, 0.3) is 0 Å². The van der Waals surface area contributed by atoms with Gasteiger partial charge in [0.15, 0.2) is 0 Å². The Labute approximate surface area is 96.0 Å². The van der Waals surface area contributed by atoms with Crippen molar-refractivity contribution < 1.29 is 10.0 Å². The van der Waals surface area contributed by atoms with Crippen LogP contribution in [-0.4, -0.2) is 17.2 Å². The number of rotatable bonds is 1. The molecule has 2 N–H and O–H groups in total. The number of aryl methyl sites for hydroxylation is 1. The van der Waals surface area contributed by atoms with Crippen LogP contribution >= 0.6 is 11.6 Å². The Morgan fingerprint density at radius 1 is 1.20 bits per heavy atom. The maximum atomic E-state index is 9.30. The van der Waals surface area contributed by atoms with E-state index in [4.69, 9.17) is 11.6 Å². The van der Waals surface area contributed by atoms with Crippen LogP contribution < -0.4 is 5.46 Å². The minimum absolute atomic E-state index is 0.156. The number of hydrogen-bond donors (Lipinski definition) is 2. The van der Waals surface area contributed by atoms with Gasteiger partial charge in [-0.2, -0.15) is 0 Å². The average Bonchev–Trinajstić information content (AvgIpc) is 2.06. The molecule has 0 aromatic heterocycles. The minimum atomic E-state index is -1.45. The number of hydrogen-bond acceptors (Lipinski definition) is 2. The minimum Gasteiger partial charge on any atom is -0.423 e. The third kappa shape index (κ3) is 2.74. The molecule has 0 bridgehead atoms. The van der Waals surface area contributed by atoms with Crippen LogP contribution in [-0.2, 0) is 5.41 Å². The van der Waals surface area contributed by atoms with Crippen LogP contribution in [0.4, 0.5) is 0 Å². The highest BCUT2D eigenvalue weighted by Gasteiger charge is 2.25. The third-order valence-corrected chi connectivity index (χ3v) is 2.82. The molecule has 0 aliphatic carbocycles. The first kappa shape index (κ1) is 12.6. The lowest BCUT2D eigenvalue weighted by Gasteiger charge is -2.23. The molecule has 4 heteroatoms. The molecular weight excluding hydrogens is 210 g/mol. The molecular formula is C11H16BClO2. The second-order valence-electron chi connectivity index (χ2n) is 4.81. The fourth-order valence-electron chi connectivity index (χ4n) is 1.57. The Bertz CT molecular complexity index is 370. The van der Waals surface area contributed by atoms with E-state index in [1.165, 1.54) is 0 Å². The standard InChI is InChI=1S/C11H16BClO2/c1-7-5-9(12(14)15)8(6-10(7)13)11(2,3)4/h5-6,14-15H,1-4H3. The number of benzene rings is 1. The lowest BCUT2D eigenvalue weighted by molar-refractivity contribution is 0.424. The first-order chi connectivity index (χ1) is 6.73. The molecule has 1 aromatic carbocycles. The van der Waals surface area contributed by atoms with E-state index in [1.807, 2.05) is 33.8 Å². The van der Waals surface area contributed by atoms with Crippen LogP contribution in [0, 0.1) is 6.92 Å². The van der Waals surface area contributed by atoms with Crippen molar-refractivity contribution in [3.63, 3.8) is 0 Å². The van der Waals surface area contributed by atoms with Gasteiger partial charge in [0, 0.05) is 5.02 Å². The van der Waals surface area contributed by atoms with Crippen molar-refractivity contribution in [2.24, 2.45) is 0 Å². The zero-order valence-corrected chi connectivity index (χ0v) is 10.3. The lowest BCUT2D eigenvalue weighted by Crippen LogP contribution is -2.37. The molecule has 0 atom stereocenters. The second-order valence-corrected chi connectivity index (χ2v) is 5.22. The number of halogens is 1. The summed E-state index contributed by atoms with van der Waals surface area (Å²) in [5.74, 6) is 0. The molecule has 0 amide bonds. The van der Waals surface area contributed by atoms with Gasteiger partial charge in [0.1, 0.15) is 0 Å². The maximum Gasteiger partial charge on any atom is 0.488 e. The quantitative estimate of drug-likeness (QED) is 0.715. The molecule has 0 saturated carbocycles. The Kier molecular flexibility index (Phi) is 3.49. The fraction of sp³-hybridized carbons (Fsp3) is 0.455. The van der Waals surface area contributed by atoms with E-state index in [2.05, 4.69) is 0 Å². The monoisotopic (exact) mass is 226 g/mol. The zero-order chi connectivity index (χ0) is 11.8. The van der Waals surface area contributed by atoms with E-state index in [0.717, 1.165) is 11.1 Å². The topological polar surface area (TPSA) is 40.5 Å². The van der Waals surface area contributed by atoms with Crippen molar-refractivity contribution in [2.75, 3.05) is 0 Å². The molecule has 0 spiro atoms. The molecule has 0 fully saturated rings. The highest BCUT2D eigenvalue weighted by molar-refractivity contribution is 6.59. The summed E-state index contributed by atoms with van der Waals surface area (Å²) in [4.78, 5) is 0. The molecule has 0 aliphatic heterocycles. The van der Waals surface area contributed by atoms with Crippen molar-refractivity contribution in [3.05, 3.63) is 28.3 Å². The molecule has 0 radical (unpaired) electrons. The van der Waals surface area contributed by atoms with Crippen LogP contribution in [0.2, 0.25) is 5.02 Å². The predicted octanol–water partition coefficient (Wildman–Crippen LogP) is 1.63. The van der Waals surface area contributed by atoms with Crippen molar-refractivity contribution >= 4 is 24.2 Å². The van der Waals surface area contributed by atoms with E-state index in [0.29, 0.717) is 10.5 Å². The van der Waals surface area contributed by atoms with Crippen molar-refractivity contribution in [3.8, 4) is 0 Å². The summed E-state index contributed by atoms with van der Waals surface area (Å²) in [6.07, 6.45) is 0. The molecule has 2 nitrogen and oxygen atoms in total. The third-order valence-electron chi connectivity index (χ3n) is 2.42. The van der Waals surface area contributed by atoms with Crippen LogP contribution in [0.5, 0.6) is 0 Å². The molecule has 0 saturated heterocycles. The molecule has 15 heavy (non-hydrogen) atoms. The maximum absolute atomic E-state index is 9.30. The van der Waals surface area contributed by atoms with Gasteiger partial charge in [-0.05, 0) is 35.0 Å². The highest BCUT2D eigenvalue weighted by atomic mass is 35.5. The van der Waals surface area contributed by atoms with Crippen LogP contribution in [0.1, 0.15) is 31.9 Å². The largest absolute Gasteiger partial charge is 0.488 e. The molecule has 0 heterocycles. The first-order valence-corrected chi connectivity index (χ1v) is 5.28. The Hall–Kier alpha value is -0.505. The summed E-state index contributed by atoms with van der Waals surface area (Å²) in [5.41, 5.74) is 2.10. The molecule has 82 valence electrons. The second kappa shape index (κ2) is 4.16. The fourth-order valence-corrected chi connectivity index (χ4v) is 1.73. The van der Waals surface area contributed by atoms with Gasteiger partial charge in [-0.25, -0.2) is 0 Å². The Balaban J connectivity index is 3.42. The van der Waals surface area contributed by atoms with Crippen LogP contribution in [0.15, 0.2) is 12.1 Å². The van der Waals surface area contributed by atoms with Crippen LogP contribution in [0.25, 0.3) is 0 Å². The summed E-state index contributed by atoms with van der Waals surface area (Å²) < 4.78 is 0. The summed E-state index contributed by atoms with van der Waals surface area (Å²) in [6, 6.07) is 3.54. The van der Waals surface area contributed by atoms with Crippen molar-refractivity contribution in [1.29, 1.82) is 0 Å². The zero-order valence-electron chi connectivity index (χ0n) is 9.50. The van der Waals surface area contributed by atoms with Gasteiger partial charge in [-0.3, -0.25) is 0 Å². The van der Waals surface area contributed by atoms with E-state index < -0.39 is 7.12 Å². The summed E-state index contributed by atoms with van der Waals surface area (Å²) >= 11 is 6.03. The molecule has 1 rings (SSSR count). The first-order valence-electron chi connectivity index (χ1n) is 4.90. The average molecular weight is 227 g/mol. The predicted molar refractivity (Wildman–Crippen MR) is 64.7 cm³/mol. The SMILES string of the molecule is Cc1cc(B(O)O)c(C(C)(C)C)cc1Cl. The van der Waals surface area contributed by atoms with E-state index in [9.17, 15) is 10.0 Å². The van der Waals surface area contributed by atoms with E-state index in [1.54, 1.807) is 6.07 Å². The van der Waals surface area contributed by atoms with Gasteiger partial charge in [-0.15, -0.1) is 0 Å². The van der Waals surface area contributed by atoms with Crippen LogP contribution in [0.3, 0.4) is 0 Å². The molecule has 0 aliphatic rings. The summed E-state index contributed by atoms with van der Waals surface area (Å²) in [5, 5.41) is 19.2. The van der Waals surface area contributed by atoms with Crippen molar-refractivity contribution in [2.45, 2.75) is 33.1 Å². The summed E-state index contributed by atoms with van der Waals surface area (Å²) in [6.45, 7) is 7.89. The van der Waals surface area contributed by atoms with Crippen molar-refractivity contribution in [1.82, 2.24) is 0 Å². The van der Waals surface area contributed by atoms with Gasteiger partial charge in [-0.1, -0.05) is 38.4 Å². The molecule has 0 unspecified atom stereocenters. The van der Waals surface area contributed by atoms with Gasteiger partial charge >= 0.3 is 7.12 Å². The van der Waals surface area contributed by atoms with E-state index in [-0.39, 0.29) is 5.41 Å². The summed E-state index contributed by atoms with van der Waals surface area (Å²) in [7, 11) is -1.45. The van der Waals surface area contributed by atoms with Gasteiger partial charge in [0.05, 0.1) is 0 Å².